The lowest BCUT2D eigenvalue weighted by Crippen LogP contribution is -2.46. The number of likely N-dealkylation sites (tertiary alicyclic amines) is 1. The fourth-order valence-electron chi connectivity index (χ4n) is 4.86. The van der Waals surface area contributed by atoms with Gasteiger partial charge in [-0.25, -0.2) is 4.79 Å². The Kier molecular flexibility index (Phi) is 4.09. The van der Waals surface area contributed by atoms with Crippen LogP contribution in [0.5, 0.6) is 0 Å². The number of methoxy groups -OCH3 is 1. The second kappa shape index (κ2) is 6.25. The number of carbonyl (C=O) groups is 1. The Bertz CT molecular complexity index is 762. The zero-order valence-electron chi connectivity index (χ0n) is 14.6. The number of benzene rings is 1. The van der Waals surface area contributed by atoms with E-state index >= 15 is 0 Å². The Balaban J connectivity index is 1.74. The van der Waals surface area contributed by atoms with E-state index in [-0.39, 0.29) is 5.97 Å². The van der Waals surface area contributed by atoms with Crippen molar-refractivity contribution in [2.75, 3.05) is 20.2 Å². The molecule has 1 saturated heterocycles. The van der Waals surface area contributed by atoms with Gasteiger partial charge in [0.15, 0.2) is 0 Å². The maximum absolute atomic E-state index is 11.8. The van der Waals surface area contributed by atoms with Crippen molar-refractivity contribution < 1.29 is 9.53 Å². The van der Waals surface area contributed by atoms with Gasteiger partial charge in [-0.2, -0.15) is 0 Å². The van der Waals surface area contributed by atoms with Gasteiger partial charge in [0.1, 0.15) is 5.69 Å². The minimum absolute atomic E-state index is 0.291. The van der Waals surface area contributed by atoms with Crippen LogP contribution in [0.4, 0.5) is 0 Å². The highest BCUT2D eigenvalue weighted by molar-refractivity contribution is 5.96. The van der Waals surface area contributed by atoms with Crippen LogP contribution >= 0.6 is 0 Å². The van der Waals surface area contributed by atoms with E-state index in [0.29, 0.717) is 17.7 Å². The van der Waals surface area contributed by atoms with Gasteiger partial charge >= 0.3 is 5.97 Å². The molecule has 2 aliphatic rings. The van der Waals surface area contributed by atoms with Crippen LogP contribution in [0, 0.1) is 0 Å². The number of aromatic nitrogens is 1. The third kappa shape index (κ3) is 2.44. The lowest BCUT2D eigenvalue weighted by atomic mass is 9.73. The van der Waals surface area contributed by atoms with Crippen LogP contribution in [0.3, 0.4) is 0 Å². The maximum Gasteiger partial charge on any atom is 0.354 e. The van der Waals surface area contributed by atoms with Gasteiger partial charge in [0, 0.05) is 16.9 Å². The molecule has 0 bridgehead atoms. The van der Waals surface area contributed by atoms with E-state index in [1.165, 1.54) is 62.4 Å². The highest BCUT2D eigenvalue weighted by Gasteiger charge is 2.36. The Hall–Kier alpha value is -1.81. The summed E-state index contributed by atoms with van der Waals surface area (Å²) in [5.41, 5.74) is 4.56. The van der Waals surface area contributed by atoms with Crippen molar-refractivity contribution in [1.82, 2.24) is 9.88 Å². The summed E-state index contributed by atoms with van der Waals surface area (Å²) >= 11 is 0. The normalized spacial score (nSPS) is 23.8. The Labute approximate surface area is 143 Å². The molecule has 0 unspecified atom stereocenters. The van der Waals surface area contributed by atoms with Gasteiger partial charge in [0.2, 0.25) is 0 Å². The van der Waals surface area contributed by atoms with E-state index in [2.05, 4.69) is 28.9 Å². The van der Waals surface area contributed by atoms with Crippen LogP contribution in [0.15, 0.2) is 18.2 Å². The Morgan fingerprint density at radius 3 is 3.04 bits per heavy atom. The SMILES string of the molecule is CCCN1CCC[C@H]2c3ccc4[nH]c(C(=O)OC)cc4c3CC[C@@H]21. The monoisotopic (exact) mass is 326 g/mol. The molecular formula is C20H26N2O2. The van der Waals surface area contributed by atoms with E-state index in [1.807, 2.05) is 6.07 Å². The number of esters is 1. The first-order valence-corrected chi connectivity index (χ1v) is 9.19. The lowest BCUT2D eigenvalue weighted by molar-refractivity contribution is 0.0595. The second-order valence-electron chi connectivity index (χ2n) is 7.16. The first-order valence-electron chi connectivity index (χ1n) is 9.19. The highest BCUT2D eigenvalue weighted by Crippen LogP contribution is 2.43. The van der Waals surface area contributed by atoms with Crippen LogP contribution in [-0.4, -0.2) is 42.1 Å². The number of H-pyrrole nitrogens is 1. The smallest absolute Gasteiger partial charge is 0.354 e. The Morgan fingerprint density at radius 1 is 1.38 bits per heavy atom. The predicted molar refractivity (Wildman–Crippen MR) is 95.6 cm³/mol. The summed E-state index contributed by atoms with van der Waals surface area (Å²) in [7, 11) is 1.43. The van der Waals surface area contributed by atoms with E-state index in [0.717, 1.165) is 11.9 Å². The largest absolute Gasteiger partial charge is 0.464 e. The predicted octanol–water partition coefficient (Wildman–Crippen LogP) is 3.86. The van der Waals surface area contributed by atoms with Crippen LogP contribution in [0.2, 0.25) is 0 Å². The van der Waals surface area contributed by atoms with Gasteiger partial charge in [-0.1, -0.05) is 13.0 Å². The molecule has 1 fully saturated rings. The van der Waals surface area contributed by atoms with Crippen LogP contribution in [-0.2, 0) is 11.2 Å². The summed E-state index contributed by atoms with van der Waals surface area (Å²) in [5.74, 6) is 0.357. The van der Waals surface area contributed by atoms with Crippen molar-refractivity contribution in [3.05, 3.63) is 35.0 Å². The molecule has 4 nitrogen and oxygen atoms in total. The molecule has 1 aromatic heterocycles. The molecule has 0 radical (unpaired) electrons. The third-order valence-corrected chi connectivity index (χ3v) is 5.85. The molecule has 2 heterocycles. The van der Waals surface area contributed by atoms with Crippen LogP contribution in [0.25, 0.3) is 10.9 Å². The molecule has 2 aromatic rings. The van der Waals surface area contributed by atoms with Gasteiger partial charge in [-0.15, -0.1) is 0 Å². The molecule has 1 aromatic carbocycles. The minimum Gasteiger partial charge on any atom is -0.464 e. The van der Waals surface area contributed by atoms with Gasteiger partial charge in [0.05, 0.1) is 7.11 Å². The fraction of sp³-hybridized carbons (Fsp3) is 0.550. The van der Waals surface area contributed by atoms with E-state index in [1.54, 1.807) is 0 Å². The number of hydrogen-bond acceptors (Lipinski definition) is 3. The number of nitrogens with one attached hydrogen (secondary N) is 1. The van der Waals surface area contributed by atoms with Crippen molar-refractivity contribution >= 4 is 16.9 Å². The number of fused-ring (bicyclic) bond motifs is 5. The maximum atomic E-state index is 11.8. The fourth-order valence-corrected chi connectivity index (χ4v) is 4.86. The van der Waals surface area contributed by atoms with Crippen molar-refractivity contribution in [3.8, 4) is 0 Å². The molecular weight excluding hydrogens is 300 g/mol. The zero-order chi connectivity index (χ0) is 16.7. The first kappa shape index (κ1) is 15.7. The average molecular weight is 326 g/mol. The first-order chi connectivity index (χ1) is 11.7. The molecule has 1 aliphatic carbocycles. The number of carbonyl (C=O) groups excluding carboxylic acids is 1. The number of hydrogen-bond donors (Lipinski definition) is 1. The van der Waals surface area contributed by atoms with Crippen molar-refractivity contribution in [2.24, 2.45) is 0 Å². The minimum atomic E-state index is -0.291. The third-order valence-electron chi connectivity index (χ3n) is 5.85. The number of rotatable bonds is 3. The standard InChI is InChI=1S/C20H26N2O2/c1-3-10-22-11-4-5-15-13-6-8-17-16(14(13)7-9-19(15)22)12-18(21-17)20(23)24-2/h6,8,12,15,19,21H,3-5,7,9-11H2,1-2H3/t15-,19-/m0/s1. The molecule has 0 saturated carbocycles. The molecule has 0 spiro atoms. The molecule has 1 N–H and O–H groups in total. The summed E-state index contributed by atoms with van der Waals surface area (Å²) in [6, 6.07) is 7.11. The van der Waals surface area contributed by atoms with Crippen LogP contribution < -0.4 is 0 Å². The van der Waals surface area contributed by atoms with Crippen LogP contribution in [0.1, 0.15) is 60.1 Å². The topological polar surface area (TPSA) is 45.3 Å². The number of piperidine rings is 1. The molecule has 2 atom stereocenters. The molecule has 128 valence electrons. The van der Waals surface area contributed by atoms with Gasteiger partial charge < -0.3 is 9.72 Å². The summed E-state index contributed by atoms with van der Waals surface area (Å²) in [6.45, 7) is 4.75. The van der Waals surface area contributed by atoms with E-state index < -0.39 is 0 Å². The molecule has 4 rings (SSSR count). The average Bonchev–Trinajstić information content (AvgIpc) is 3.05. The van der Waals surface area contributed by atoms with Crippen molar-refractivity contribution in [3.63, 3.8) is 0 Å². The van der Waals surface area contributed by atoms with E-state index in [4.69, 9.17) is 4.74 Å². The quantitative estimate of drug-likeness (QED) is 0.871. The van der Waals surface area contributed by atoms with Gasteiger partial charge in [0.25, 0.3) is 0 Å². The number of ether oxygens (including phenoxy) is 1. The molecule has 0 amide bonds. The molecule has 4 heteroatoms. The van der Waals surface area contributed by atoms with Gasteiger partial charge in [-0.05, 0) is 74.4 Å². The summed E-state index contributed by atoms with van der Waals surface area (Å²) in [6.07, 6.45) is 6.15. The number of aryl methyl sites for hydroxylation is 1. The number of aromatic amines is 1. The summed E-state index contributed by atoms with van der Waals surface area (Å²) < 4.78 is 4.86. The Morgan fingerprint density at radius 2 is 2.25 bits per heavy atom. The van der Waals surface area contributed by atoms with E-state index in [9.17, 15) is 4.79 Å². The van der Waals surface area contributed by atoms with Crippen molar-refractivity contribution in [2.45, 2.75) is 51.0 Å². The summed E-state index contributed by atoms with van der Waals surface area (Å²) in [5, 5.41) is 1.21. The highest BCUT2D eigenvalue weighted by atomic mass is 16.5. The van der Waals surface area contributed by atoms with Crippen molar-refractivity contribution in [1.29, 1.82) is 0 Å². The second-order valence-corrected chi connectivity index (χ2v) is 7.16. The zero-order valence-corrected chi connectivity index (χ0v) is 14.6. The molecule has 24 heavy (non-hydrogen) atoms. The number of nitrogens with zero attached hydrogens (tertiary/aromatic N) is 1. The lowest BCUT2D eigenvalue weighted by Gasteiger charge is -2.45. The van der Waals surface area contributed by atoms with Gasteiger partial charge in [-0.3, -0.25) is 4.90 Å². The molecule has 1 aliphatic heterocycles. The summed E-state index contributed by atoms with van der Waals surface area (Å²) in [4.78, 5) is 17.8.